The van der Waals surface area contributed by atoms with E-state index in [-0.39, 0.29) is 6.61 Å². The van der Waals surface area contributed by atoms with Gasteiger partial charge in [0.05, 0.1) is 31.5 Å². The fourth-order valence-electron chi connectivity index (χ4n) is 1.51. The molecule has 0 bridgehead atoms. The van der Waals surface area contributed by atoms with E-state index < -0.39 is 5.54 Å². The summed E-state index contributed by atoms with van der Waals surface area (Å²) >= 11 is 0. The van der Waals surface area contributed by atoms with Crippen molar-refractivity contribution >= 4 is 5.69 Å². The summed E-state index contributed by atoms with van der Waals surface area (Å²) in [4.78, 5) is 0. The summed E-state index contributed by atoms with van der Waals surface area (Å²) in [5.41, 5.74) is 0.335. The lowest BCUT2D eigenvalue weighted by atomic mass is 10.0. The molecule has 0 aliphatic rings. The standard InChI is InChI=1S/C12H19NO3/c1-12(8-14,9-15-2)13-10-6-4-5-7-11(10)16-3/h4-7,13-14H,8-9H2,1-3H3. The van der Waals surface area contributed by atoms with E-state index in [0.717, 1.165) is 11.4 Å². The quantitative estimate of drug-likeness (QED) is 0.770. The Hall–Kier alpha value is -1.26. The molecule has 1 unspecified atom stereocenters. The monoisotopic (exact) mass is 225 g/mol. The van der Waals surface area contributed by atoms with Crippen LogP contribution in [0.5, 0.6) is 5.75 Å². The Bertz CT molecular complexity index is 330. The lowest BCUT2D eigenvalue weighted by Gasteiger charge is -2.29. The SMILES string of the molecule is COCC(C)(CO)Nc1ccccc1OC. The normalized spacial score (nSPS) is 14.2. The number of hydrogen-bond acceptors (Lipinski definition) is 4. The zero-order valence-corrected chi connectivity index (χ0v) is 9.99. The number of para-hydroxylation sites is 2. The summed E-state index contributed by atoms with van der Waals surface area (Å²) in [6, 6.07) is 7.58. The number of ether oxygens (including phenoxy) is 2. The van der Waals surface area contributed by atoms with Gasteiger partial charge >= 0.3 is 0 Å². The molecule has 1 atom stereocenters. The molecule has 4 nitrogen and oxygen atoms in total. The Morgan fingerprint density at radius 3 is 2.56 bits per heavy atom. The van der Waals surface area contributed by atoms with Gasteiger partial charge in [0.25, 0.3) is 0 Å². The molecule has 2 N–H and O–H groups in total. The predicted octanol–water partition coefficient (Wildman–Crippen LogP) is 1.50. The molecular formula is C12H19NO3. The van der Waals surface area contributed by atoms with E-state index in [4.69, 9.17) is 9.47 Å². The van der Waals surface area contributed by atoms with Crippen molar-refractivity contribution in [3.63, 3.8) is 0 Å². The molecule has 90 valence electrons. The highest BCUT2D eigenvalue weighted by molar-refractivity contribution is 5.57. The van der Waals surface area contributed by atoms with E-state index in [1.807, 2.05) is 31.2 Å². The summed E-state index contributed by atoms with van der Waals surface area (Å²) < 4.78 is 10.3. The topological polar surface area (TPSA) is 50.7 Å². The Balaban J connectivity index is 2.85. The van der Waals surface area contributed by atoms with Crippen LogP contribution in [0.3, 0.4) is 0 Å². The maximum atomic E-state index is 9.36. The highest BCUT2D eigenvalue weighted by Gasteiger charge is 2.24. The van der Waals surface area contributed by atoms with Crippen molar-refractivity contribution < 1.29 is 14.6 Å². The van der Waals surface area contributed by atoms with Crippen LogP contribution in [0, 0.1) is 0 Å². The van der Waals surface area contributed by atoms with Gasteiger partial charge in [-0.15, -0.1) is 0 Å². The first-order valence-electron chi connectivity index (χ1n) is 5.16. The maximum absolute atomic E-state index is 9.36. The van der Waals surface area contributed by atoms with Crippen LogP contribution in [0.25, 0.3) is 0 Å². The zero-order chi connectivity index (χ0) is 12.0. The van der Waals surface area contributed by atoms with Crippen LogP contribution >= 0.6 is 0 Å². The van der Waals surface area contributed by atoms with Crippen molar-refractivity contribution in [3.8, 4) is 5.75 Å². The minimum atomic E-state index is -0.511. The molecular weight excluding hydrogens is 206 g/mol. The molecule has 0 amide bonds. The van der Waals surface area contributed by atoms with E-state index >= 15 is 0 Å². The summed E-state index contributed by atoms with van der Waals surface area (Å²) in [5.74, 6) is 0.748. The lowest BCUT2D eigenvalue weighted by molar-refractivity contribution is 0.108. The molecule has 0 heterocycles. The van der Waals surface area contributed by atoms with Crippen molar-refractivity contribution in [2.45, 2.75) is 12.5 Å². The fourth-order valence-corrected chi connectivity index (χ4v) is 1.51. The summed E-state index contributed by atoms with van der Waals surface area (Å²) in [7, 11) is 3.23. The number of benzene rings is 1. The Labute approximate surface area is 96.2 Å². The van der Waals surface area contributed by atoms with Gasteiger partial charge < -0.3 is 19.9 Å². The number of methoxy groups -OCH3 is 2. The van der Waals surface area contributed by atoms with Crippen LogP contribution in [0.4, 0.5) is 5.69 Å². The van der Waals surface area contributed by atoms with Crippen LogP contribution in [0.1, 0.15) is 6.92 Å². The molecule has 16 heavy (non-hydrogen) atoms. The molecule has 1 rings (SSSR count). The molecule has 0 aromatic heterocycles. The number of aliphatic hydroxyl groups is 1. The molecule has 0 fully saturated rings. The van der Waals surface area contributed by atoms with Gasteiger partial charge in [0.1, 0.15) is 5.75 Å². The highest BCUT2D eigenvalue weighted by Crippen LogP contribution is 2.26. The van der Waals surface area contributed by atoms with E-state index in [1.54, 1.807) is 14.2 Å². The smallest absolute Gasteiger partial charge is 0.141 e. The van der Waals surface area contributed by atoms with Gasteiger partial charge in [0.2, 0.25) is 0 Å². The van der Waals surface area contributed by atoms with E-state index in [9.17, 15) is 5.11 Å². The first-order valence-corrected chi connectivity index (χ1v) is 5.16. The van der Waals surface area contributed by atoms with Gasteiger partial charge in [-0.3, -0.25) is 0 Å². The fraction of sp³-hybridized carbons (Fsp3) is 0.500. The second-order valence-corrected chi connectivity index (χ2v) is 3.98. The number of aliphatic hydroxyl groups excluding tert-OH is 1. The molecule has 0 saturated carbocycles. The highest BCUT2D eigenvalue weighted by atomic mass is 16.5. The first kappa shape index (κ1) is 12.8. The van der Waals surface area contributed by atoms with Gasteiger partial charge in [-0.25, -0.2) is 0 Å². The number of anilines is 1. The van der Waals surface area contributed by atoms with Crippen molar-refractivity contribution in [1.82, 2.24) is 0 Å². The second-order valence-electron chi connectivity index (χ2n) is 3.98. The third-order valence-corrected chi connectivity index (χ3v) is 2.36. The third kappa shape index (κ3) is 3.12. The predicted molar refractivity (Wildman–Crippen MR) is 64.0 cm³/mol. The second kappa shape index (κ2) is 5.72. The van der Waals surface area contributed by atoms with Gasteiger partial charge in [0, 0.05) is 7.11 Å². The summed E-state index contributed by atoms with van der Waals surface area (Å²) in [6.45, 7) is 2.30. The minimum absolute atomic E-state index is 0.0150. The Morgan fingerprint density at radius 2 is 2.00 bits per heavy atom. The molecule has 1 aromatic rings. The molecule has 0 saturated heterocycles. The van der Waals surface area contributed by atoms with Crippen LogP contribution < -0.4 is 10.1 Å². The van der Waals surface area contributed by atoms with Crippen LogP contribution in [0.2, 0.25) is 0 Å². The molecule has 0 radical (unpaired) electrons. The number of rotatable bonds is 6. The zero-order valence-electron chi connectivity index (χ0n) is 9.99. The largest absolute Gasteiger partial charge is 0.495 e. The maximum Gasteiger partial charge on any atom is 0.141 e. The van der Waals surface area contributed by atoms with E-state index in [0.29, 0.717) is 6.61 Å². The summed E-state index contributed by atoms with van der Waals surface area (Å²) in [5, 5.41) is 12.6. The average molecular weight is 225 g/mol. The van der Waals surface area contributed by atoms with Crippen LogP contribution in [-0.4, -0.2) is 38.1 Å². The van der Waals surface area contributed by atoms with Crippen LogP contribution in [0.15, 0.2) is 24.3 Å². The lowest BCUT2D eigenvalue weighted by Crippen LogP contribution is -2.43. The van der Waals surface area contributed by atoms with Crippen molar-refractivity contribution in [2.24, 2.45) is 0 Å². The average Bonchev–Trinajstić information content (AvgIpc) is 2.30. The van der Waals surface area contributed by atoms with E-state index in [2.05, 4.69) is 5.32 Å². The van der Waals surface area contributed by atoms with Gasteiger partial charge in [0.15, 0.2) is 0 Å². The molecule has 0 aliphatic carbocycles. The number of nitrogens with one attached hydrogen (secondary N) is 1. The molecule has 0 spiro atoms. The van der Waals surface area contributed by atoms with Crippen molar-refractivity contribution in [2.75, 3.05) is 32.8 Å². The molecule has 1 aromatic carbocycles. The number of hydrogen-bond donors (Lipinski definition) is 2. The molecule has 0 aliphatic heterocycles. The first-order chi connectivity index (χ1) is 7.65. The third-order valence-electron chi connectivity index (χ3n) is 2.36. The van der Waals surface area contributed by atoms with Crippen molar-refractivity contribution in [1.29, 1.82) is 0 Å². The Kier molecular flexibility index (Phi) is 4.58. The summed E-state index contributed by atoms with van der Waals surface area (Å²) in [6.07, 6.45) is 0. The van der Waals surface area contributed by atoms with Crippen molar-refractivity contribution in [3.05, 3.63) is 24.3 Å². The Morgan fingerprint density at radius 1 is 1.31 bits per heavy atom. The van der Waals surface area contributed by atoms with Gasteiger partial charge in [-0.1, -0.05) is 12.1 Å². The van der Waals surface area contributed by atoms with Crippen LogP contribution in [-0.2, 0) is 4.74 Å². The molecule has 4 heteroatoms. The van der Waals surface area contributed by atoms with E-state index in [1.165, 1.54) is 0 Å². The van der Waals surface area contributed by atoms with Gasteiger partial charge in [-0.2, -0.15) is 0 Å². The van der Waals surface area contributed by atoms with Gasteiger partial charge in [-0.05, 0) is 19.1 Å². The minimum Gasteiger partial charge on any atom is -0.495 e.